The number of nitrogens with zero attached hydrogens (tertiary/aromatic N) is 3. The van der Waals surface area contributed by atoms with E-state index in [1.807, 2.05) is 0 Å². The van der Waals surface area contributed by atoms with Gasteiger partial charge in [0.05, 0.1) is 30.2 Å². The molecule has 0 aliphatic rings. The second kappa shape index (κ2) is 13.8. The molecular formula is C11H21N3O11S5-4. The van der Waals surface area contributed by atoms with Crippen molar-refractivity contribution < 1.29 is 46.6 Å². The van der Waals surface area contributed by atoms with Crippen LogP contribution < -0.4 is 0 Å². The highest BCUT2D eigenvalue weighted by Gasteiger charge is 2.10. The van der Waals surface area contributed by atoms with Gasteiger partial charge in [-0.1, -0.05) is 4.58 Å². The summed E-state index contributed by atoms with van der Waals surface area (Å²) >= 11 is 0. The van der Waals surface area contributed by atoms with Gasteiger partial charge in [-0.3, -0.25) is 22.7 Å². The van der Waals surface area contributed by atoms with Gasteiger partial charge in [0.1, 0.15) is 6.07 Å². The maximum absolute atomic E-state index is 10.6. The van der Waals surface area contributed by atoms with Crippen molar-refractivity contribution in [1.82, 2.24) is 0 Å². The third kappa shape index (κ3) is 41.1. The van der Waals surface area contributed by atoms with Crippen molar-refractivity contribution in [2.45, 2.75) is 13.8 Å². The summed E-state index contributed by atoms with van der Waals surface area (Å²) in [5.41, 5.74) is 0.204. The summed E-state index contributed by atoms with van der Waals surface area (Å²) in [5.74, 6) is 1.67. The Bertz CT molecular complexity index is 1100. The Morgan fingerprint density at radius 2 is 1.07 bits per heavy atom. The summed E-state index contributed by atoms with van der Waals surface area (Å²) in [6.45, 7) is 2.55. The van der Waals surface area contributed by atoms with E-state index in [1.54, 1.807) is 11.9 Å². The van der Waals surface area contributed by atoms with E-state index in [0.29, 0.717) is 18.8 Å². The lowest BCUT2D eigenvalue weighted by Crippen LogP contribution is -2.16. The molecule has 0 saturated heterocycles. The highest BCUT2D eigenvalue weighted by molar-refractivity contribution is 8.12. The summed E-state index contributed by atoms with van der Waals surface area (Å²) in [4.78, 5) is 0. The SMILES string of the molecule is CC(=C=[N-])C#N.CS(=O)(=O)[N-]S(C)(=O)=O.CS(=O)(=O)[O-].C[C-](S(C)(=O)=O)S(C)(=O)=O. The van der Waals surface area contributed by atoms with Gasteiger partial charge in [0, 0.05) is 56.5 Å². The molecule has 0 amide bonds. The average Bonchev–Trinajstić information content (AvgIpc) is 2.39. The zero-order chi connectivity index (χ0) is 25.8. The predicted molar refractivity (Wildman–Crippen MR) is 110 cm³/mol. The standard InChI is InChI=1S/C4H3N2.C4H9O4S2.C2H6NO4S2.CH4O3S/c1-4(2-5)3-6;1-4(9(2,5)6)10(3,7)8;1-8(4,5)3-9(2,6)7;1-5(2,3)4/h1H3;1-3H3;1-2H3;1H3,(H,2,3,4)/q3*-1;/p-1. The smallest absolute Gasteiger partial charge is 0.101 e. The molecule has 180 valence electrons. The van der Waals surface area contributed by atoms with Gasteiger partial charge in [-0.25, -0.2) is 25.3 Å². The Labute approximate surface area is 178 Å². The molecular weight excluding hydrogens is 510 g/mol. The number of allylic oxidation sites excluding steroid dienone is 1. The summed E-state index contributed by atoms with van der Waals surface area (Å²) in [6.07, 6.45) is 3.77. The Kier molecular flexibility index (Phi) is 16.6. The van der Waals surface area contributed by atoms with Crippen LogP contribution in [-0.2, 0) is 49.8 Å². The van der Waals surface area contributed by atoms with Gasteiger partial charge in [-0.05, 0) is 6.92 Å². The monoisotopic (exact) mass is 531 g/mol. The molecule has 30 heavy (non-hydrogen) atoms. The molecule has 0 N–H and O–H groups in total. The Morgan fingerprint density at radius 3 is 1.07 bits per heavy atom. The van der Waals surface area contributed by atoms with E-state index in [4.69, 9.17) is 23.6 Å². The van der Waals surface area contributed by atoms with Crippen LogP contribution in [0.5, 0.6) is 0 Å². The van der Waals surface area contributed by atoms with E-state index in [1.165, 1.54) is 6.92 Å². The van der Waals surface area contributed by atoms with Gasteiger partial charge in [-0.2, -0.15) is 12.2 Å². The topological polar surface area (TPSA) is 254 Å². The van der Waals surface area contributed by atoms with Gasteiger partial charge >= 0.3 is 0 Å². The van der Waals surface area contributed by atoms with E-state index >= 15 is 0 Å². The van der Waals surface area contributed by atoms with Crippen LogP contribution in [0.1, 0.15) is 13.8 Å². The lowest BCUT2D eigenvalue weighted by atomic mass is 10.4. The summed E-state index contributed by atoms with van der Waals surface area (Å²) in [6, 6.07) is 1.67. The first-order valence-electron chi connectivity index (χ1n) is 6.60. The van der Waals surface area contributed by atoms with Gasteiger partial charge < -0.3 is 14.1 Å². The molecule has 0 unspecified atom stereocenters. The quantitative estimate of drug-likeness (QED) is 0.178. The largest absolute Gasteiger partial charge is 0.762 e. The van der Waals surface area contributed by atoms with Crippen molar-refractivity contribution in [3.63, 3.8) is 0 Å². The van der Waals surface area contributed by atoms with Crippen molar-refractivity contribution in [1.29, 1.82) is 5.26 Å². The Balaban J connectivity index is -0.000000156. The molecule has 0 saturated carbocycles. The maximum atomic E-state index is 10.6. The zero-order valence-electron chi connectivity index (χ0n) is 16.9. The fourth-order valence-corrected chi connectivity index (χ4v) is 4.71. The molecule has 0 aromatic carbocycles. The van der Waals surface area contributed by atoms with Crippen LogP contribution in [0.2, 0.25) is 0 Å². The Hall–Kier alpha value is -1.39. The van der Waals surface area contributed by atoms with Crippen LogP contribution in [-0.4, -0.2) is 83.8 Å². The van der Waals surface area contributed by atoms with Crippen LogP contribution in [0.25, 0.3) is 9.54 Å². The van der Waals surface area contributed by atoms with E-state index in [9.17, 15) is 33.7 Å². The third-order valence-corrected chi connectivity index (χ3v) is 7.72. The minimum absolute atomic E-state index is 0.204. The van der Waals surface area contributed by atoms with Gasteiger partial charge in [0.25, 0.3) is 0 Å². The average molecular weight is 532 g/mol. The highest BCUT2D eigenvalue weighted by Crippen LogP contribution is 2.13. The van der Waals surface area contributed by atoms with E-state index in [0.717, 1.165) is 19.4 Å². The fourth-order valence-electron chi connectivity index (χ4n) is 0.546. The molecule has 0 aromatic heterocycles. The van der Waals surface area contributed by atoms with Crippen LogP contribution >= 0.6 is 0 Å². The van der Waals surface area contributed by atoms with Crippen molar-refractivity contribution >= 4 is 55.7 Å². The van der Waals surface area contributed by atoms with E-state index < -0.39 is 54.4 Å². The minimum Gasteiger partial charge on any atom is -0.762 e. The molecule has 0 rings (SSSR count). The molecule has 0 spiro atoms. The molecule has 0 radical (unpaired) electrons. The second-order valence-corrected chi connectivity index (χ2v) is 14.6. The molecule has 0 aromatic rings. The summed E-state index contributed by atoms with van der Waals surface area (Å²) in [7, 11) is -18.5. The van der Waals surface area contributed by atoms with Crippen molar-refractivity contribution in [3.8, 4) is 6.07 Å². The summed E-state index contributed by atoms with van der Waals surface area (Å²) in [5, 5.41) is 15.7. The van der Waals surface area contributed by atoms with E-state index in [2.05, 4.69) is 4.13 Å². The van der Waals surface area contributed by atoms with Gasteiger partial charge in [-0.15, -0.1) is 0 Å². The Morgan fingerprint density at radius 1 is 0.833 bits per heavy atom. The normalized spacial score (nSPS) is 11.7. The minimum atomic E-state index is -3.92. The lowest BCUT2D eigenvalue weighted by Gasteiger charge is -2.18. The van der Waals surface area contributed by atoms with Crippen LogP contribution in [0.3, 0.4) is 0 Å². The maximum Gasteiger partial charge on any atom is 0.101 e. The van der Waals surface area contributed by atoms with Crippen LogP contribution in [0, 0.1) is 15.9 Å². The molecule has 19 heteroatoms. The third-order valence-electron chi connectivity index (χ3n) is 1.65. The number of hydrogen-bond donors (Lipinski definition) is 0. The first-order chi connectivity index (χ1) is 12.7. The fraction of sp³-hybridized carbons (Fsp3) is 0.636. The van der Waals surface area contributed by atoms with Gasteiger partial charge in [0.15, 0.2) is 0 Å². The van der Waals surface area contributed by atoms with Crippen molar-refractivity contribution in [2.75, 3.05) is 31.3 Å². The number of sulfone groups is 2. The number of hydrogen-bond acceptors (Lipinski definition) is 12. The lowest BCUT2D eigenvalue weighted by molar-refractivity contribution is 0.470. The molecule has 0 aliphatic carbocycles. The molecule has 0 bridgehead atoms. The second-order valence-electron chi connectivity index (χ2n) is 5.13. The van der Waals surface area contributed by atoms with E-state index in [-0.39, 0.29) is 5.57 Å². The number of nitriles is 1. The molecule has 0 fully saturated rings. The molecule has 0 atom stereocenters. The van der Waals surface area contributed by atoms with Gasteiger partial charge in [0.2, 0.25) is 0 Å². The summed E-state index contributed by atoms with van der Waals surface area (Å²) < 4.78 is 112. The predicted octanol–water partition coefficient (Wildman–Crippen LogP) is -1.28. The van der Waals surface area contributed by atoms with Crippen LogP contribution in [0.15, 0.2) is 5.57 Å². The van der Waals surface area contributed by atoms with Crippen molar-refractivity contribution in [3.05, 3.63) is 19.7 Å². The number of rotatable bonds is 4. The van der Waals surface area contributed by atoms with Crippen LogP contribution in [0.4, 0.5) is 0 Å². The molecule has 0 aliphatic heterocycles. The molecule has 14 nitrogen and oxygen atoms in total. The zero-order valence-corrected chi connectivity index (χ0v) is 21.0. The van der Waals surface area contributed by atoms with Crippen molar-refractivity contribution in [2.24, 2.45) is 0 Å². The first-order valence-corrected chi connectivity index (χ1v) is 15.9. The first kappa shape index (κ1) is 36.0. The number of sulfonamides is 2. The highest BCUT2D eigenvalue weighted by atomic mass is 32.3. The molecule has 0 heterocycles.